The monoisotopic (exact) mass is 199 g/mol. The Morgan fingerprint density at radius 2 is 1.71 bits per heavy atom. The molecule has 0 saturated carbocycles. The molecule has 0 aromatic rings. The molecule has 0 heterocycles. The summed E-state index contributed by atoms with van der Waals surface area (Å²) in [6.45, 7) is 7.72. The van der Waals surface area contributed by atoms with Gasteiger partial charge in [0.05, 0.1) is 6.42 Å². The van der Waals surface area contributed by atoms with Gasteiger partial charge in [-0.1, -0.05) is 13.8 Å². The Morgan fingerprint density at radius 1 is 1.14 bits per heavy atom. The summed E-state index contributed by atoms with van der Waals surface area (Å²) in [5, 5.41) is 2.81. The third kappa shape index (κ3) is 7.77. The van der Waals surface area contributed by atoms with E-state index in [2.05, 4.69) is 19.2 Å². The Bertz CT molecular complexity index is 199. The topological polar surface area (TPSA) is 46.2 Å². The number of amides is 1. The Morgan fingerprint density at radius 3 is 2.14 bits per heavy atom. The van der Waals surface area contributed by atoms with E-state index in [4.69, 9.17) is 0 Å². The Kier molecular flexibility index (Phi) is 6.17. The molecule has 0 aliphatic rings. The minimum absolute atomic E-state index is 0.00597. The Hall–Kier alpha value is -0.860. The number of hydrogen-bond donors (Lipinski definition) is 1. The lowest BCUT2D eigenvalue weighted by atomic mass is 10.0. The molecule has 0 bridgehead atoms. The number of carbonyl (C=O) groups is 2. The maximum absolute atomic E-state index is 11.2. The van der Waals surface area contributed by atoms with Crippen LogP contribution >= 0.6 is 0 Å². The molecule has 0 radical (unpaired) electrons. The molecule has 3 heteroatoms. The van der Waals surface area contributed by atoms with Gasteiger partial charge in [0.25, 0.3) is 0 Å². The van der Waals surface area contributed by atoms with E-state index in [-0.39, 0.29) is 24.2 Å². The van der Waals surface area contributed by atoms with Crippen LogP contribution in [0.5, 0.6) is 0 Å². The SMILES string of the molecule is CC(=O)CC(=O)NC(C)CCC(C)C. The first-order valence-electron chi connectivity index (χ1n) is 5.20. The number of ketones is 1. The molecular formula is C11H21NO2. The number of rotatable bonds is 6. The van der Waals surface area contributed by atoms with Gasteiger partial charge in [0.1, 0.15) is 5.78 Å². The predicted molar refractivity (Wildman–Crippen MR) is 57.0 cm³/mol. The van der Waals surface area contributed by atoms with Crippen LogP contribution in [0.4, 0.5) is 0 Å². The van der Waals surface area contributed by atoms with Crippen molar-refractivity contribution in [2.24, 2.45) is 5.92 Å². The maximum Gasteiger partial charge on any atom is 0.227 e. The average molecular weight is 199 g/mol. The minimum atomic E-state index is -0.159. The maximum atomic E-state index is 11.2. The summed E-state index contributed by atoms with van der Waals surface area (Å²) in [7, 11) is 0. The molecule has 1 unspecified atom stereocenters. The molecule has 82 valence electrons. The normalized spacial score (nSPS) is 12.6. The summed E-state index contributed by atoms with van der Waals surface area (Å²) >= 11 is 0. The molecule has 1 N–H and O–H groups in total. The summed E-state index contributed by atoms with van der Waals surface area (Å²) in [5.41, 5.74) is 0. The van der Waals surface area contributed by atoms with Gasteiger partial charge in [0, 0.05) is 6.04 Å². The highest BCUT2D eigenvalue weighted by Gasteiger charge is 2.09. The van der Waals surface area contributed by atoms with Gasteiger partial charge < -0.3 is 5.32 Å². The van der Waals surface area contributed by atoms with Gasteiger partial charge in [-0.05, 0) is 32.6 Å². The third-order valence-electron chi connectivity index (χ3n) is 1.99. The second kappa shape index (κ2) is 6.57. The van der Waals surface area contributed by atoms with E-state index in [1.54, 1.807) is 0 Å². The van der Waals surface area contributed by atoms with E-state index in [9.17, 15) is 9.59 Å². The van der Waals surface area contributed by atoms with Gasteiger partial charge in [-0.15, -0.1) is 0 Å². The first-order chi connectivity index (χ1) is 6.41. The van der Waals surface area contributed by atoms with Crippen molar-refractivity contribution in [1.29, 1.82) is 0 Å². The summed E-state index contributed by atoms with van der Waals surface area (Å²) in [5.74, 6) is 0.412. The molecule has 0 spiro atoms. The van der Waals surface area contributed by atoms with Gasteiger partial charge in [0.15, 0.2) is 0 Å². The molecule has 0 saturated heterocycles. The third-order valence-corrected chi connectivity index (χ3v) is 1.99. The van der Waals surface area contributed by atoms with Crippen LogP contribution in [0.3, 0.4) is 0 Å². The highest BCUT2D eigenvalue weighted by molar-refractivity contribution is 5.96. The first kappa shape index (κ1) is 13.1. The Balaban J connectivity index is 3.65. The van der Waals surface area contributed by atoms with Crippen LogP contribution in [0.25, 0.3) is 0 Å². The Labute approximate surface area is 86.3 Å². The second-order valence-electron chi connectivity index (χ2n) is 4.32. The van der Waals surface area contributed by atoms with E-state index < -0.39 is 0 Å². The molecule has 0 aromatic heterocycles. The molecule has 0 aromatic carbocycles. The number of Topliss-reactive ketones (excluding diaryl/α,β-unsaturated/α-hetero) is 1. The zero-order valence-electron chi connectivity index (χ0n) is 9.59. The van der Waals surface area contributed by atoms with Crippen LogP contribution in [-0.4, -0.2) is 17.7 Å². The largest absolute Gasteiger partial charge is 0.353 e. The van der Waals surface area contributed by atoms with E-state index in [0.29, 0.717) is 5.92 Å². The van der Waals surface area contributed by atoms with Crippen molar-refractivity contribution in [3.8, 4) is 0 Å². The first-order valence-corrected chi connectivity index (χ1v) is 5.20. The van der Waals surface area contributed by atoms with Gasteiger partial charge in [-0.25, -0.2) is 0 Å². The van der Waals surface area contributed by atoms with E-state index in [1.807, 2.05) is 6.92 Å². The lowest BCUT2D eigenvalue weighted by Crippen LogP contribution is -2.33. The van der Waals surface area contributed by atoms with Crippen molar-refractivity contribution in [2.45, 2.75) is 53.0 Å². The highest BCUT2D eigenvalue weighted by Crippen LogP contribution is 2.06. The van der Waals surface area contributed by atoms with Gasteiger partial charge in [-0.2, -0.15) is 0 Å². The van der Waals surface area contributed by atoms with E-state index in [1.165, 1.54) is 6.92 Å². The fraction of sp³-hybridized carbons (Fsp3) is 0.818. The van der Waals surface area contributed by atoms with Crippen molar-refractivity contribution in [2.75, 3.05) is 0 Å². The molecular weight excluding hydrogens is 178 g/mol. The van der Waals surface area contributed by atoms with Crippen molar-refractivity contribution >= 4 is 11.7 Å². The molecule has 0 aliphatic carbocycles. The van der Waals surface area contributed by atoms with Crippen molar-refractivity contribution in [1.82, 2.24) is 5.32 Å². The van der Waals surface area contributed by atoms with Crippen molar-refractivity contribution < 1.29 is 9.59 Å². The van der Waals surface area contributed by atoms with Crippen molar-refractivity contribution in [3.05, 3.63) is 0 Å². The quantitative estimate of drug-likeness (QED) is 0.664. The standard InChI is InChI=1S/C11H21NO2/c1-8(2)5-6-9(3)12-11(14)7-10(4)13/h8-9H,5-7H2,1-4H3,(H,12,14). The molecule has 14 heavy (non-hydrogen) atoms. The van der Waals surface area contributed by atoms with Crippen LogP contribution in [0, 0.1) is 5.92 Å². The zero-order valence-corrected chi connectivity index (χ0v) is 9.59. The lowest BCUT2D eigenvalue weighted by Gasteiger charge is -2.14. The summed E-state index contributed by atoms with van der Waals surface area (Å²) in [6.07, 6.45) is 2.08. The average Bonchev–Trinajstić information content (AvgIpc) is 1.98. The fourth-order valence-electron chi connectivity index (χ4n) is 1.21. The number of hydrogen-bond acceptors (Lipinski definition) is 2. The minimum Gasteiger partial charge on any atom is -0.353 e. The molecule has 1 atom stereocenters. The van der Waals surface area contributed by atoms with Crippen LogP contribution in [0.15, 0.2) is 0 Å². The molecule has 0 rings (SSSR count). The smallest absolute Gasteiger partial charge is 0.227 e. The molecule has 0 aliphatic heterocycles. The van der Waals surface area contributed by atoms with Crippen LogP contribution in [0.1, 0.15) is 47.0 Å². The van der Waals surface area contributed by atoms with Crippen LogP contribution in [-0.2, 0) is 9.59 Å². The highest BCUT2D eigenvalue weighted by atomic mass is 16.2. The van der Waals surface area contributed by atoms with Crippen molar-refractivity contribution in [3.63, 3.8) is 0 Å². The molecule has 3 nitrogen and oxygen atoms in total. The van der Waals surface area contributed by atoms with E-state index >= 15 is 0 Å². The molecule has 0 fully saturated rings. The number of nitrogens with one attached hydrogen (secondary N) is 1. The fourth-order valence-corrected chi connectivity index (χ4v) is 1.21. The summed E-state index contributed by atoms with van der Waals surface area (Å²) in [6, 6.07) is 0.171. The van der Waals surface area contributed by atoms with Gasteiger partial charge in [-0.3, -0.25) is 9.59 Å². The zero-order chi connectivity index (χ0) is 11.1. The van der Waals surface area contributed by atoms with E-state index in [0.717, 1.165) is 12.8 Å². The summed E-state index contributed by atoms with van der Waals surface area (Å²) in [4.78, 5) is 21.8. The second-order valence-corrected chi connectivity index (χ2v) is 4.32. The van der Waals surface area contributed by atoms with Crippen LogP contribution in [0.2, 0.25) is 0 Å². The lowest BCUT2D eigenvalue weighted by molar-refractivity contribution is -0.127. The van der Waals surface area contributed by atoms with Gasteiger partial charge in [0.2, 0.25) is 5.91 Å². The number of carbonyl (C=O) groups excluding carboxylic acids is 2. The van der Waals surface area contributed by atoms with Gasteiger partial charge >= 0.3 is 0 Å². The van der Waals surface area contributed by atoms with Crippen LogP contribution < -0.4 is 5.32 Å². The predicted octanol–water partition coefficient (Wildman–Crippen LogP) is 1.91. The summed E-state index contributed by atoms with van der Waals surface area (Å²) < 4.78 is 0. The molecule has 1 amide bonds.